The van der Waals surface area contributed by atoms with Gasteiger partial charge >= 0.3 is 12.2 Å². The number of amides is 2. The van der Waals surface area contributed by atoms with Crippen LogP contribution in [-0.4, -0.2) is 37.1 Å². The number of nitrogens with one attached hydrogen (secondary N) is 2. The first-order valence-electron chi connectivity index (χ1n) is 6.01. The van der Waals surface area contributed by atoms with Crippen LogP contribution in [0, 0.1) is 0 Å². The quantitative estimate of drug-likeness (QED) is 0.875. The molecular weight excluding hydrogens is 339 g/mol. The maximum Gasteiger partial charge on any atom is 0.418 e. The monoisotopic (exact) mass is 351 g/mol. The number of alkyl halides is 3. The number of carbonyl (C=O) groups is 1. The van der Waals surface area contributed by atoms with Gasteiger partial charge in [0.25, 0.3) is 0 Å². The van der Waals surface area contributed by atoms with Gasteiger partial charge in [0.1, 0.15) is 0 Å². The zero-order chi connectivity index (χ0) is 14.8. The maximum absolute atomic E-state index is 12.9. The van der Waals surface area contributed by atoms with Crippen molar-refractivity contribution in [2.45, 2.75) is 6.18 Å². The van der Waals surface area contributed by atoms with Crippen LogP contribution in [-0.2, 0) is 6.18 Å². The van der Waals surface area contributed by atoms with E-state index in [9.17, 15) is 18.0 Å². The van der Waals surface area contributed by atoms with Crippen molar-refractivity contribution in [2.24, 2.45) is 0 Å². The Morgan fingerprint density at radius 1 is 1.40 bits per heavy atom. The molecule has 0 aromatic heterocycles. The van der Waals surface area contributed by atoms with Crippen LogP contribution in [0.15, 0.2) is 22.7 Å². The summed E-state index contributed by atoms with van der Waals surface area (Å²) >= 11 is 3.03. The Balaban J connectivity index is 2.00. The van der Waals surface area contributed by atoms with Gasteiger partial charge in [0.15, 0.2) is 0 Å². The number of halogens is 4. The number of rotatable bonds is 4. The fraction of sp³-hybridized carbons (Fsp3) is 0.417. The zero-order valence-electron chi connectivity index (χ0n) is 10.4. The Hall–Kier alpha value is -1.44. The molecule has 0 saturated carbocycles. The number of benzene rings is 1. The second-order valence-corrected chi connectivity index (χ2v) is 5.25. The van der Waals surface area contributed by atoms with Crippen LogP contribution in [0.5, 0.6) is 0 Å². The summed E-state index contributed by atoms with van der Waals surface area (Å²) < 4.78 is 39.0. The molecule has 1 aliphatic rings. The van der Waals surface area contributed by atoms with E-state index < -0.39 is 11.7 Å². The molecule has 1 saturated heterocycles. The third-order valence-corrected chi connectivity index (χ3v) is 3.42. The summed E-state index contributed by atoms with van der Waals surface area (Å²) in [5.41, 5.74) is -0.710. The van der Waals surface area contributed by atoms with E-state index in [0.29, 0.717) is 24.1 Å². The van der Waals surface area contributed by atoms with Crippen LogP contribution in [0.4, 0.5) is 23.7 Å². The molecule has 1 fully saturated rings. The number of hydrogen-bond acceptors (Lipinski definition) is 2. The molecule has 110 valence electrons. The predicted molar refractivity (Wildman–Crippen MR) is 72.6 cm³/mol. The zero-order valence-corrected chi connectivity index (χ0v) is 12.0. The highest BCUT2D eigenvalue weighted by Gasteiger charge is 2.33. The smallest absolute Gasteiger partial charge is 0.383 e. The van der Waals surface area contributed by atoms with Crippen molar-refractivity contribution in [3.05, 3.63) is 28.2 Å². The third-order valence-electron chi connectivity index (χ3n) is 2.93. The SMILES string of the molecule is O=C1NCCN1CCNc1ccc(Br)cc1C(F)(F)F. The van der Waals surface area contributed by atoms with Crippen molar-refractivity contribution in [2.75, 3.05) is 31.5 Å². The first-order valence-corrected chi connectivity index (χ1v) is 6.80. The van der Waals surface area contributed by atoms with E-state index in [1.165, 1.54) is 6.07 Å². The second kappa shape index (κ2) is 5.90. The van der Waals surface area contributed by atoms with Crippen LogP contribution in [0.2, 0.25) is 0 Å². The van der Waals surface area contributed by atoms with Crippen LogP contribution >= 0.6 is 15.9 Å². The van der Waals surface area contributed by atoms with Gasteiger partial charge in [0.05, 0.1) is 5.56 Å². The lowest BCUT2D eigenvalue weighted by atomic mass is 10.1. The van der Waals surface area contributed by atoms with E-state index in [1.807, 2.05) is 0 Å². The third kappa shape index (κ3) is 3.56. The van der Waals surface area contributed by atoms with Gasteiger partial charge in [-0.25, -0.2) is 4.79 Å². The number of carbonyl (C=O) groups excluding carboxylic acids is 1. The molecule has 1 aromatic carbocycles. The standard InChI is InChI=1S/C12H13BrF3N3O/c13-8-1-2-10(9(7-8)12(14,15)16)17-3-5-19-6-4-18-11(19)20/h1-2,7,17H,3-6H2,(H,18,20). The molecule has 1 aromatic rings. The fourth-order valence-corrected chi connectivity index (χ4v) is 2.32. The van der Waals surface area contributed by atoms with Gasteiger partial charge in [-0.3, -0.25) is 0 Å². The molecule has 20 heavy (non-hydrogen) atoms. The Bertz CT molecular complexity index is 507. The predicted octanol–water partition coefficient (Wildman–Crippen LogP) is 2.91. The topological polar surface area (TPSA) is 44.4 Å². The van der Waals surface area contributed by atoms with Crippen molar-refractivity contribution in [3.8, 4) is 0 Å². The van der Waals surface area contributed by atoms with Crippen LogP contribution < -0.4 is 10.6 Å². The number of nitrogens with zero attached hydrogens (tertiary/aromatic N) is 1. The lowest BCUT2D eigenvalue weighted by Crippen LogP contribution is -2.32. The minimum absolute atomic E-state index is 0.0142. The molecule has 0 unspecified atom stereocenters. The van der Waals surface area contributed by atoms with Crippen molar-refractivity contribution in [3.63, 3.8) is 0 Å². The summed E-state index contributed by atoms with van der Waals surface area (Å²) in [7, 11) is 0. The Labute approximate surface area is 122 Å². The van der Waals surface area contributed by atoms with Gasteiger partial charge in [-0.05, 0) is 18.2 Å². The van der Waals surface area contributed by atoms with E-state index in [2.05, 4.69) is 26.6 Å². The largest absolute Gasteiger partial charge is 0.418 e. The van der Waals surface area contributed by atoms with Crippen molar-refractivity contribution < 1.29 is 18.0 Å². The summed E-state index contributed by atoms with van der Waals surface area (Å²) in [4.78, 5) is 12.8. The van der Waals surface area contributed by atoms with E-state index in [-0.39, 0.29) is 18.3 Å². The molecule has 2 rings (SSSR count). The molecule has 0 aliphatic carbocycles. The van der Waals surface area contributed by atoms with Crippen molar-refractivity contribution in [1.29, 1.82) is 0 Å². The summed E-state index contributed by atoms with van der Waals surface area (Å²) in [6, 6.07) is 3.76. The molecule has 0 spiro atoms. The van der Waals surface area contributed by atoms with Crippen LogP contribution in [0.3, 0.4) is 0 Å². The molecule has 0 bridgehead atoms. The van der Waals surface area contributed by atoms with Gasteiger partial charge in [-0.15, -0.1) is 0 Å². The minimum Gasteiger partial charge on any atom is -0.383 e. The molecule has 1 heterocycles. The van der Waals surface area contributed by atoms with Crippen molar-refractivity contribution in [1.82, 2.24) is 10.2 Å². The van der Waals surface area contributed by atoms with E-state index in [0.717, 1.165) is 6.07 Å². The minimum atomic E-state index is -4.42. The summed E-state index contributed by atoms with van der Waals surface area (Å²) in [5, 5.41) is 5.37. The molecule has 0 radical (unpaired) electrons. The molecule has 2 N–H and O–H groups in total. The first kappa shape index (κ1) is 15.0. The van der Waals surface area contributed by atoms with Gasteiger partial charge in [-0.2, -0.15) is 13.2 Å². The fourth-order valence-electron chi connectivity index (χ4n) is 1.96. The Kier molecular flexibility index (Phi) is 4.42. The van der Waals surface area contributed by atoms with Gasteiger partial charge in [0, 0.05) is 36.3 Å². The van der Waals surface area contributed by atoms with E-state index in [1.54, 1.807) is 11.0 Å². The van der Waals surface area contributed by atoms with Gasteiger partial charge in [-0.1, -0.05) is 15.9 Å². The Morgan fingerprint density at radius 2 is 2.15 bits per heavy atom. The molecule has 2 amide bonds. The summed E-state index contributed by atoms with van der Waals surface area (Å²) in [6.45, 7) is 1.77. The lowest BCUT2D eigenvalue weighted by molar-refractivity contribution is -0.137. The average molecular weight is 352 g/mol. The average Bonchev–Trinajstić information content (AvgIpc) is 2.76. The van der Waals surface area contributed by atoms with Crippen LogP contribution in [0.25, 0.3) is 0 Å². The van der Waals surface area contributed by atoms with Gasteiger partial charge < -0.3 is 15.5 Å². The number of anilines is 1. The van der Waals surface area contributed by atoms with E-state index >= 15 is 0 Å². The van der Waals surface area contributed by atoms with Crippen molar-refractivity contribution >= 4 is 27.6 Å². The lowest BCUT2D eigenvalue weighted by Gasteiger charge is -2.18. The molecule has 0 atom stereocenters. The summed E-state index contributed by atoms with van der Waals surface area (Å²) in [5.74, 6) is 0. The number of hydrogen-bond donors (Lipinski definition) is 2. The molecule has 1 aliphatic heterocycles. The summed E-state index contributed by atoms with van der Waals surface area (Å²) in [6.07, 6.45) is -4.42. The second-order valence-electron chi connectivity index (χ2n) is 4.33. The van der Waals surface area contributed by atoms with Crippen LogP contribution in [0.1, 0.15) is 5.56 Å². The number of urea groups is 1. The molecule has 4 nitrogen and oxygen atoms in total. The highest BCUT2D eigenvalue weighted by molar-refractivity contribution is 9.10. The first-order chi connectivity index (χ1) is 9.38. The maximum atomic E-state index is 12.9. The molecule has 8 heteroatoms. The highest BCUT2D eigenvalue weighted by atomic mass is 79.9. The normalized spacial score (nSPS) is 15.4. The van der Waals surface area contributed by atoms with E-state index in [4.69, 9.17) is 0 Å². The molecular formula is C12H13BrF3N3O. The highest BCUT2D eigenvalue weighted by Crippen LogP contribution is 2.36. The van der Waals surface area contributed by atoms with Gasteiger partial charge in [0.2, 0.25) is 0 Å². The Morgan fingerprint density at radius 3 is 2.75 bits per heavy atom.